The molecule has 0 aliphatic heterocycles. The number of thiol groups is 2. The van der Waals surface area contributed by atoms with Crippen molar-refractivity contribution in [2.45, 2.75) is 9.79 Å². The number of nitrogens with one attached hydrogen (secondary N) is 1. The molecule has 19 nitrogen and oxygen atoms in total. The normalized spacial score (nSPS) is 9.96. The Hall–Kier alpha value is -9.96. The van der Waals surface area contributed by atoms with E-state index in [-0.39, 0.29) is 16.9 Å². The van der Waals surface area contributed by atoms with Crippen LogP contribution in [0.5, 0.6) is 0 Å². The Morgan fingerprint density at radius 2 is 0.693 bits per heavy atom. The molecule has 0 saturated carbocycles. The van der Waals surface area contributed by atoms with E-state index >= 15 is 0 Å². The topological polar surface area (TPSA) is 289 Å². The summed E-state index contributed by atoms with van der Waals surface area (Å²) >= 11 is 21.4. The third-order valence-electron chi connectivity index (χ3n) is 15.5. The summed E-state index contributed by atoms with van der Waals surface area (Å²) in [7, 11) is 19.7. The van der Waals surface area contributed by atoms with Crippen LogP contribution in [0.25, 0.3) is 83.2 Å². The van der Waals surface area contributed by atoms with Crippen molar-refractivity contribution in [1.82, 2.24) is 19.9 Å². The number of carbonyl (C=O) groups is 2. The van der Waals surface area contributed by atoms with Crippen molar-refractivity contribution in [2.24, 2.45) is 0 Å². The van der Waals surface area contributed by atoms with Crippen molar-refractivity contribution in [3.63, 3.8) is 0 Å². The van der Waals surface area contributed by atoms with Gasteiger partial charge in [-0.25, -0.2) is 24.7 Å². The first kappa shape index (κ1) is 91.2. The number of nitrogens with zero attached hydrogens (tertiary/aromatic N) is 8. The minimum absolute atomic E-state index is 0.0586. The van der Waals surface area contributed by atoms with Crippen LogP contribution in [0.1, 0.15) is 20.7 Å². The second-order valence-electron chi connectivity index (χ2n) is 23.7. The van der Waals surface area contributed by atoms with E-state index in [1.165, 1.54) is 67.3 Å². The number of hydrogen-bond donors (Lipinski definition) is 7. The average Bonchev–Trinajstić information content (AvgIpc) is 1.70. The summed E-state index contributed by atoms with van der Waals surface area (Å²) in [6.45, 7) is 0. The third kappa shape index (κ3) is 28.8. The number of para-hydroxylation sites is 6. The van der Waals surface area contributed by atoms with Gasteiger partial charge in [-0.05, 0) is 211 Å². The average molecular weight is 1910 g/mol. The number of nitro benzene ring substituents is 2. The Balaban J connectivity index is 0.000000181. The molecule has 4 heterocycles. The van der Waals surface area contributed by atoms with Crippen molar-refractivity contribution >= 4 is 239 Å². The summed E-state index contributed by atoms with van der Waals surface area (Å²) < 4.78 is 4.81. The molecule has 0 bridgehead atoms. The van der Waals surface area contributed by atoms with Crippen LogP contribution in [0, 0.1) is 20.2 Å². The molecule has 12 aromatic carbocycles. The fourth-order valence-electron chi connectivity index (χ4n) is 9.61. The molecule has 0 unspecified atom stereocenters. The number of nitro groups is 2. The molecular weight excluding hydrogens is 1830 g/mol. The number of hydrogen-bond acceptors (Lipinski definition) is 22. The fraction of sp³-hybridized carbons (Fsp3) is 0.0714. The summed E-state index contributed by atoms with van der Waals surface area (Å²) in [4.78, 5) is 66.9. The standard InChI is InChI=1S/C15H14N2S.C14H12N2S.C13H8N2O2S.C13H10N2S.C9H11NO2.C7H4ClNO3.2C6H7NS.CH3I.2ClH.Sn/c1-17(2)12-9-7-11(8-10-12)15-16-13-5-3-4-6-14(13)18-15;1-15-11-8-6-10(7-9-11)14-16-12-4-2-3-5-13(12)17-14;16-15(17)10-7-5-9(6-8-10)13-14-11-3-1-2-4-12(11)18-13;14-10-7-5-9(6-8-10)13-15-11-3-1-2-4-12(11)16-13;1-10(2)8-5-3-7(4-6-8)9(11)12;8-7(10)5-1-3-6(4-2-5)9(11)12;2*7-5-3-1-2-4-6(5)8;1-2;;;/h3-10H,1-2H3;2-9,15H,1H3;1-8H;1-8H,14H2;3-6H,1-2H3,(H,11,12);1-4H;2*1-4,8H,7H2;1H3;2*1H;/q;;;;;;;;;;;+2/p-2. The van der Waals surface area contributed by atoms with Crippen LogP contribution in [0.2, 0.25) is 0 Å². The Bertz CT molecular complexity index is 5450. The number of anilines is 6. The van der Waals surface area contributed by atoms with Gasteiger partial charge in [-0.1, -0.05) is 95.4 Å². The molecule has 114 heavy (non-hydrogen) atoms. The number of thiazole rings is 4. The molecule has 30 heteroatoms. The number of halogens is 4. The summed E-state index contributed by atoms with van der Waals surface area (Å²) in [5.74, 6) is -0.889. The van der Waals surface area contributed by atoms with Crippen LogP contribution in [0.15, 0.2) is 301 Å². The quantitative estimate of drug-likeness (QED) is 0.00926. The van der Waals surface area contributed by atoms with Crippen molar-refractivity contribution in [3.05, 3.63) is 323 Å². The van der Waals surface area contributed by atoms with E-state index in [4.69, 9.17) is 51.8 Å². The molecular formula is C84H76Cl3IN12O7S6Sn. The minimum atomic E-state index is -0.889. The number of carboxylic acids is 1. The van der Waals surface area contributed by atoms with Gasteiger partial charge in [0.2, 0.25) is 0 Å². The number of aromatic carboxylic acids is 1. The molecule has 0 aliphatic carbocycles. The zero-order chi connectivity index (χ0) is 82.6. The number of nitrogen functional groups attached to an aromatic ring is 3. The number of alkyl halides is 1. The van der Waals surface area contributed by atoms with Crippen LogP contribution in [-0.4, -0.2) is 105 Å². The van der Waals surface area contributed by atoms with Crippen LogP contribution in [0.3, 0.4) is 0 Å². The van der Waals surface area contributed by atoms with Gasteiger partial charge in [0.05, 0.1) is 56.3 Å². The summed E-state index contributed by atoms with van der Waals surface area (Å²) in [5, 5.41) is 35.9. The van der Waals surface area contributed by atoms with E-state index in [0.29, 0.717) is 5.56 Å². The maximum absolute atomic E-state index is 10.6. The van der Waals surface area contributed by atoms with Gasteiger partial charge in [-0.15, -0.1) is 70.6 Å². The molecule has 8 N–H and O–H groups in total. The Morgan fingerprint density at radius 1 is 0.430 bits per heavy atom. The predicted octanol–water partition coefficient (Wildman–Crippen LogP) is 24.0. The van der Waals surface area contributed by atoms with E-state index in [2.05, 4.69) is 163 Å². The molecule has 0 fully saturated rings. The van der Waals surface area contributed by atoms with Crippen molar-refractivity contribution in [2.75, 3.05) is 72.5 Å². The van der Waals surface area contributed by atoms with Gasteiger partial charge in [0, 0.05) is 131 Å². The van der Waals surface area contributed by atoms with E-state index in [9.17, 15) is 29.8 Å². The van der Waals surface area contributed by atoms with Crippen molar-refractivity contribution in [3.8, 4) is 42.3 Å². The third-order valence-corrected chi connectivity index (χ3v) is 20.9. The number of non-ortho nitro benzene ring substituents is 2. The van der Waals surface area contributed by atoms with Crippen molar-refractivity contribution in [1.29, 1.82) is 0 Å². The molecule has 16 rings (SSSR count). The van der Waals surface area contributed by atoms with E-state index in [1.54, 1.807) is 81.7 Å². The zero-order valence-electron chi connectivity index (χ0n) is 62.0. The molecule has 0 spiro atoms. The van der Waals surface area contributed by atoms with Gasteiger partial charge in [0.25, 0.3) is 16.6 Å². The van der Waals surface area contributed by atoms with E-state index in [1.807, 2.05) is 179 Å². The Labute approximate surface area is 723 Å². The predicted molar refractivity (Wildman–Crippen MR) is 500 cm³/mol. The molecule has 16 aromatic rings. The maximum atomic E-state index is 10.6. The molecule has 0 amide bonds. The number of rotatable bonds is 11. The molecule has 0 saturated heterocycles. The number of fused-ring (bicyclic) bond motifs is 4. The van der Waals surface area contributed by atoms with Gasteiger partial charge in [0.15, 0.2) is 0 Å². The molecule has 582 valence electrons. The SMILES string of the molecule is CI.CN(C)c1ccc(-c2nc3ccccc3s2)cc1.CN(C)c1ccc(C(=O)O)cc1.CNc1ccc(-c2nc3ccccc3s2)cc1.Nc1ccc(-c2nc3ccccc3s2)cc1.Nc1ccccc1S.Nc1ccccc1S.O=C(Cl)c1ccc([N+](=O)[O-])cc1.O=[N+]([O-])c1ccc(-c2nc3ccccc3s2)cc1.[Cl][Sn][Cl]. The van der Waals surface area contributed by atoms with Gasteiger partial charge in [-0.3, -0.25) is 25.0 Å². The molecule has 4 aromatic heterocycles. The summed E-state index contributed by atoms with van der Waals surface area (Å²) in [6, 6.07) is 90.5. The number of benzene rings is 12. The fourth-order valence-corrected chi connectivity index (χ4v) is 13.9. The molecule has 0 atom stereocenters. The van der Waals surface area contributed by atoms with Gasteiger partial charge in [-0.2, -0.15) is 0 Å². The van der Waals surface area contributed by atoms with Crippen LogP contribution in [-0.2, 0) is 0 Å². The molecule has 2 radical (unpaired) electrons. The second kappa shape index (κ2) is 47.7. The first-order chi connectivity index (χ1) is 54.9. The second-order valence-corrected chi connectivity index (χ2v) is 33.3. The Kier molecular flexibility index (Phi) is 38.1. The van der Waals surface area contributed by atoms with Crippen LogP contribution < -0.4 is 32.3 Å². The van der Waals surface area contributed by atoms with Gasteiger partial charge >= 0.3 is 42.7 Å². The van der Waals surface area contributed by atoms with E-state index in [0.717, 1.165) is 96.2 Å². The number of carbonyl (C=O) groups excluding carboxylic acids is 1. The molecule has 0 aliphatic rings. The van der Waals surface area contributed by atoms with Gasteiger partial charge < -0.3 is 37.4 Å². The number of carboxylic acid groups (broad SMARTS) is 1. The van der Waals surface area contributed by atoms with Crippen LogP contribution >= 0.6 is 123 Å². The van der Waals surface area contributed by atoms with Gasteiger partial charge in [0.1, 0.15) is 20.0 Å². The number of nitrogens with two attached hydrogens (primary N) is 3. The Morgan fingerprint density at radius 3 is 0.956 bits per heavy atom. The van der Waals surface area contributed by atoms with Crippen molar-refractivity contribution < 1.29 is 24.5 Å². The first-order valence-corrected chi connectivity index (χ1v) is 47.8. The first-order valence-electron chi connectivity index (χ1n) is 33.9. The summed E-state index contributed by atoms with van der Waals surface area (Å²) in [6.07, 6.45) is 0. The zero-order valence-corrected chi connectivity index (χ0v) is 74.3. The number of aromatic nitrogens is 4. The van der Waals surface area contributed by atoms with Crippen LogP contribution in [0.4, 0.5) is 45.5 Å². The monoisotopic (exact) mass is 1910 g/mol. The summed E-state index contributed by atoms with van der Waals surface area (Å²) in [5.41, 5.74) is 31.3. The van der Waals surface area contributed by atoms with E-state index < -0.39 is 39.9 Å².